The van der Waals surface area contributed by atoms with Crippen molar-refractivity contribution in [2.75, 3.05) is 13.7 Å². The number of methoxy groups -OCH3 is 1. The summed E-state index contributed by atoms with van der Waals surface area (Å²) in [5, 5.41) is 13.5. The monoisotopic (exact) mass is 319 g/mol. The number of esters is 1. The summed E-state index contributed by atoms with van der Waals surface area (Å²) in [6.45, 7) is 0.567. The smallest absolute Gasteiger partial charge is 0.337 e. The number of hydrogen-bond acceptors (Lipinski definition) is 4. The molecule has 0 heterocycles. The SMILES string of the molecule is COC(=O)c1ccc(CNC(CO)c2ccc(Cl)cc2)cc1. The van der Waals surface area contributed by atoms with E-state index in [1.165, 1.54) is 7.11 Å². The molecule has 0 aliphatic rings. The van der Waals surface area contributed by atoms with Crippen LogP contribution < -0.4 is 5.32 Å². The molecule has 1 unspecified atom stereocenters. The van der Waals surface area contributed by atoms with Crippen molar-refractivity contribution in [3.8, 4) is 0 Å². The van der Waals surface area contributed by atoms with Crippen molar-refractivity contribution in [3.05, 3.63) is 70.2 Å². The first-order valence-corrected chi connectivity index (χ1v) is 7.29. The second-order valence-electron chi connectivity index (χ2n) is 4.86. The van der Waals surface area contributed by atoms with Crippen molar-refractivity contribution < 1.29 is 14.6 Å². The average molecular weight is 320 g/mol. The maximum absolute atomic E-state index is 11.4. The molecule has 0 amide bonds. The highest BCUT2D eigenvalue weighted by Gasteiger charge is 2.10. The van der Waals surface area contributed by atoms with Crippen LogP contribution in [-0.2, 0) is 11.3 Å². The molecule has 0 aliphatic heterocycles. The van der Waals surface area contributed by atoms with Crippen LogP contribution in [0.4, 0.5) is 0 Å². The first kappa shape index (κ1) is 16.5. The van der Waals surface area contributed by atoms with Gasteiger partial charge in [-0.25, -0.2) is 4.79 Å². The van der Waals surface area contributed by atoms with E-state index in [1.54, 1.807) is 24.3 Å². The Morgan fingerprint density at radius 1 is 1.18 bits per heavy atom. The summed E-state index contributed by atoms with van der Waals surface area (Å²) in [6.07, 6.45) is 0. The minimum absolute atomic E-state index is 0.0120. The molecule has 5 heteroatoms. The van der Waals surface area contributed by atoms with Gasteiger partial charge >= 0.3 is 5.97 Å². The van der Waals surface area contributed by atoms with E-state index in [0.29, 0.717) is 17.1 Å². The molecule has 0 aliphatic carbocycles. The standard InChI is InChI=1S/C17H18ClNO3/c1-22-17(21)14-4-2-12(3-5-14)10-19-16(11-20)13-6-8-15(18)9-7-13/h2-9,16,19-20H,10-11H2,1H3. The number of carbonyl (C=O) groups excluding carboxylic acids is 1. The number of hydrogen-bond donors (Lipinski definition) is 2. The lowest BCUT2D eigenvalue weighted by atomic mass is 10.1. The Hall–Kier alpha value is -1.88. The molecule has 0 spiro atoms. The van der Waals surface area contributed by atoms with E-state index in [1.807, 2.05) is 24.3 Å². The van der Waals surface area contributed by atoms with Gasteiger partial charge in [-0.1, -0.05) is 35.9 Å². The van der Waals surface area contributed by atoms with Crippen molar-refractivity contribution in [3.63, 3.8) is 0 Å². The topological polar surface area (TPSA) is 58.6 Å². The molecule has 0 radical (unpaired) electrons. The molecule has 0 aromatic heterocycles. The van der Waals surface area contributed by atoms with Gasteiger partial charge in [-0.3, -0.25) is 0 Å². The fourth-order valence-electron chi connectivity index (χ4n) is 2.10. The number of benzene rings is 2. The van der Waals surface area contributed by atoms with E-state index >= 15 is 0 Å². The second-order valence-corrected chi connectivity index (χ2v) is 5.29. The highest BCUT2D eigenvalue weighted by atomic mass is 35.5. The molecule has 22 heavy (non-hydrogen) atoms. The van der Waals surface area contributed by atoms with Crippen molar-refractivity contribution in [1.82, 2.24) is 5.32 Å². The Morgan fingerprint density at radius 2 is 1.82 bits per heavy atom. The minimum Gasteiger partial charge on any atom is -0.465 e. The van der Waals surface area contributed by atoms with Gasteiger partial charge in [0.1, 0.15) is 0 Å². The van der Waals surface area contributed by atoms with E-state index in [4.69, 9.17) is 11.6 Å². The molecule has 1 atom stereocenters. The highest BCUT2D eigenvalue weighted by molar-refractivity contribution is 6.30. The lowest BCUT2D eigenvalue weighted by Gasteiger charge is -2.17. The largest absolute Gasteiger partial charge is 0.465 e. The van der Waals surface area contributed by atoms with E-state index in [9.17, 15) is 9.90 Å². The van der Waals surface area contributed by atoms with Crippen LogP contribution in [0.1, 0.15) is 27.5 Å². The molecule has 0 bridgehead atoms. The van der Waals surface area contributed by atoms with E-state index < -0.39 is 0 Å². The third-order valence-electron chi connectivity index (χ3n) is 3.38. The Bertz CT molecular complexity index is 611. The summed E-state index contributed by atoms with van der Waals surface area (Å²) >= 11 is 5.86. The summed E-state index contributed by atoms with van der Waals surface area (Å²) in [5.41, 5.74) is 2.50. The number of aliphatic hydroxyl groups is 1. The number of aliphatic hydroxyl groups excluding tert-OH is 1. The summed E-state index contributed by atoms with van der Waals surface area (Å²) in [6, 6.07) is 14.4. The molecule has 2 rings (SSSR count). The van der Waals surface area contributed by atoms with E-state index in [0.717, 1.165) is 11.1 Å². The average Bonchev–Trinajstić information content (AvgIpc) is 2.56. The summed E-state index contributed by atoms with van der Waals surface area (Å²) < 4.78 is 4.66. The van der Waals surface area contributed by atoms with Gasteiger partial charge in [0.05, 0.1) is 25.3 Å². The van der Waals surface area contributed by atoms with Crippen LogP contribution in [0.15, 0.2) is 48.5 Å². The van der Waals surface area contributed by atoms with Crippen molar-refractivity contribution in [2.24, 2.45) is 0 Å². The van der Waals surface area contributed by atoms with Gasteiger partial charge in [-0.15, -0.1) is 0 Å². The quantitative estimate of drug-likeness (QED) is 0.804. The van der Waals surface area contributed by atoms with E-state index in [-0.39, 0.29) is 18.6 Å². The first-order chi connectivity index (χ1) is 10.6. The Labute approximate surface area is 134 Å². The zero-order valence-electron chi connectivity index (χ0n) is 12.3. The van der Waals surface area contributed by atoms with Gasteiger partial charge in [0.2, 0.25) is 0 Å². The van der Waals surface area contributed by atoms with Gasteiger partial charge < -0.3 is 15.2 Å². The third-order valence-corrected chi connectivity index (χ3v) is 3.63. The number of carbonyl (C=O) groups is 1. The molecule has 2 aromatic rings. The molecule has 4 nitrogen and oxygen atoms in total. The lowest BCUT2D eigenvalue weighted by Crippen LogP contribution is -2.24. The molecule has 116 valence electrons. The first-order valence-electron chi connectivity index (χ1n) is 6.91. The second kappa shape index (κ2) is 7.94. The van der Waals surface area contributed by atoms with Crippen LogP contribution in [0.25, 0.3) is 0 Å². The van der Waals surface area contributed by atoms with E-state index in [2.05, 4.69) is 10.1 Å². The third kappa shape index (κ3) is 4.31. The van der Waals surface area contributed by atoms with Crippen LogP contribution >= 0.6 is 11.6 Å². The van der Waals surface area contributed by atoms with Crippen LogP contribution in [0.5, 0.6) is 0 Å². The maximum Gasteiger partial charge on any atom is 0.337 e. The molecule has 0 fully saturated rings. The zero-order valence-corrected chi connectivity index (χ0v) is 13.0. The van der Waals surface area contributed by atoms with Crippen LogP contribution in [-0.4, -0.2) is 24.8 Å². The Morgan fingerprint density at radius 3 is 2.36 bits per heavy atom. The number of halogens is 1. The van der Waals surface area contributed by atoms with Gasteiger partial charge in [0.25, 0.3) is 0 Å². The fraction of sp³-hybridized carbons (Fsp3) is 0.235. The fourth-order valence-corrected chi connectivity index (χ4v) is 2.23. The summed E-state index contributed by atoms with van der Waals surface area (Å²) in [7, 11) is 1.36. The Balaban J connectivity index is 1.98. The molecule has 0 saturated carbocycles. The maximum atomic E-state index is 11.4. The molecular formula is C17H18ClNO3. The van der Waals surface area contributed by atoms with Crippen molar-refractivity contribution in [1.29, 1.82) is 0 Å². The molecule has 2 N–H and O–H groups in total. The van der Waals surface area contributed by atoms with Gasteiger partial charge in [0, 0.05) is 11.6 Å². The predicted octanol–water partition coefficient (Wildman–Crippen LogP) is 2.95. The molecule has 0 saturated heterocycles. The van der Waals surface area contributed by atoms with Crippen LogP contribution in [0.2, 0.25) is 5.02 Å². The molecule has 2 aromatic carbocycles. The van der Waals surface area contributed by atoms with Crippen LogP contribution in [0, 0.1) is 0 Å². The van der Waals surface area contributed by atoms with Crippen molar-refractivity contribution >= 4 is 17.6 Å². The lowest BCUT2D eigenvalue weighted by molar-refractivity contribution is 0.0600. The van der Waals surface area contributed by atoms with Crippen LogP contribution in [0.3, 0.4) is 0 Å². The zero-order chi connectivity index (χ0) is 15.9. The number of rotatable bonds is 6. The van der Waals surface area contributed by atoms with Gasteiger partial charge in [-0.2, -0.15) is 0 Å². The highest BCUT2D eigenvalue weighted by Crippen LogP contribution is 2.17. The van der Waals surface area contributed by atoms with Crippen molar-refractivity contribution in [2.45, 2.75) is 12.6 Å². The summed E-state index contributed by atoms with van der Waals surface area (Å²) in [5.74, 6) is -0.353. The Kier molecular flexibility index (Phi) is 5.95. The predicted molar refractivity (Wildman–Crippen MR) is 85.9 cm³/mol. The number of nitrogens with one attached hydrogen (secondary N) is 1. The van der Waals surface area contributed by atoms with Gasteiger partial charge in [0.15, 0.2) is 0 Å². The summed E-state index contributed by atoms with van der Waals surface area (Å²) in [4.78, 5) is 11.4. The normalized spacial score (nSPS) is 12.0. The minimum atomic E-state index is -0.353. The van der Waals surface area contributed by atoms with Gasteiger partial charge in [-0.05, 0) is 35.4 Å². The number of ether oxygens (including phenoxy) is 1. The molecular weight excluding hydrogens is 302 g/mol.